The molecule has 5 rings (SSSR count). The molecular weight excluding hydrogens is 361 g/mol. The molecule has 8 nitrogen and oxygen atoms in total. The number of halogens is 1. The van der Waals surface area contributed by atoms with Crippen LogP contribution in [-0.2, 0) is 0 Å². The van der Waals surface area contributed by atoms with Crippen molar-refractivity contribution < 1.29 is 9.50 Å². The maximum atomic E-state index is 14.3. The third kappa shape index (κ3) is 2.71. The van der Waals surface area contributed by atoms with Gasteiger partial charge in [0.15, 0.2) is 23.0 Å². The zero-order valence-electron chi connectivity index (χ0n) is 15.3. The van der Waals surface area contributed by atoms with Gasteiger partial charge in [0.2, 0.25) is 0 Å². The highest BCUT2D eigenvalue weighted by atomic mass is 19.1. The SMILES string of the molecule is Cc1cn2cc(Nc3n[nH]c4c(O)c(N5CCNCC5)ccc34)cc(F)c2n1. The number of nitrogens with zero attached hydrogens (tertiary/aromatic N) is 4. The minimum Gasteiger partial charge on any atom is -0.504 e. The maximum Gasteiger partial charge on any atom is 0.173 e. The van der Waals surface area contributed by atoms with Crippen LogP contribution in [0.25, 0.3) is 16.6 Å². The summed E-state index contributed by atoms with van der Waals surface area (Å²) < 4.78 is 16.0. The Morgan fingerprint density at radius 3 is 2.86 bits per heavy atom. The largest absolute Gasteiger partial charge is 0.504 e. The Kier molecular flexibility index (Phi) is 3.83. The standard InChI is InChI=1S/C19H20FN7O/c1-11-9-27-10-12(8-14(20)19(27)22-11)23-18-13-2-3-15(17(28)16(13)24-25-18)26-6-4-21-5-7-26/h2-3,8-10,21,28H,4-7H2,1H3,(H2,23,24,25). The highest BCUT2D eigenvalue weighted by Crippen LogP contribution is 2.37. The molecule has 1 aliphatic rings. The van der Waals surface area contributed by atoms with Gasteiger partial charge in [-0.3, -0.25) is 5.10 Å². The third-order valence-corrected chi connectivity index (χ3v) is 5.04. The molecular formula is C19H20FN7O. The minimum absolute atomic E-state index is 0.173. The summed E-state index contributed by atoms with van der Waals surface area (Å²) in [6, 6.07) is 5.19. The molecule has 9 heteroatoms. The second-order valence-corrected chi connectivity index (χ2v) is 6.98. The van der Waals surface area contributed by atoms with Crippen molar-refractivity contribution in [3.8, 4) is 5.75 Å². The molecule has 28 heavy (non-hydrogen) atoms. The number of anilines is 3. The average molecular weight is 381 g/mol. The van der Waals surface area contributed by atoms with E-state index in [4.69, 9.17) is 0 Å². The first-order valence-corrected chi connectivity index (χ1v) is 9.18. The molecule has 0 radical (unpaired) electrons. The van der Waals surface area contributed by atoms with E-state index in [0.29, 0.717) is 17.0 Å². The van der Waals surface area contributed by atoms with E-state index >= 15 is 0 Å². The average Bonchev–Trinajstić information content (AvgIpc) is 3.27. The predicted octanol–water partition coefficient (Wildman–Crippen LogP) is 2.52. The van der Waals surface area contributed by atoms with E-state index in [1.54, 1.807) is 16.8 Å². The summed E-state index contributed by atoms with van der Waals surface area (Å²) in [5.41, 5.74) is 2.91. The fourth-order valence-electron chi connectivity index (χ4n) is 3.70. The van der Waals surface area contributed by atoms with Crippen molar-refractivity contribution in [2.75, 3.05) is 36.4 Å². The van der Waals surface area contributed by atoms with Crippen LogP contribution in [0.3, 0.4) is 0 Å². The van der Waals surface area contributed by atoms with Crippen molar-refractivity contribution in [3.05, 3.63) is 42.1 Å². The number of fused-ring (bicyclic) bond motifs is 2. The molecule has 1 saturated heterocycles. The smallest absolute Gasteiger partial charge is 0.173 e. The van der Waals surface area contributed by atoms with Crippen molar-refractivity contribution in [1.29, 1.82) is 0 Å². The van der Waals surface area contributed by atoms with Gasteiger partial charge in [0.1, 0.15) is 5.52 Å². The first-order valence-electron chi connectivity index (χ1n) is 9.18. The molecule has 1 fully saturated rings. The van der Waals surface area contributed by atoms with E-state index in [1.807, 2.05) is 19.1 Å². The van der Waals surface area contributed by atoms with E-state index < -0.39 is 5.82 Å². The van der Waals surface area contributed by atoms with Crippen LogP contribution in [-0.4, -0.2) is 50.9 Å². The fourth-order valence-corrected chi connectivity index (χ4v) is 3.70. The van der Waals surface area contributed by atoms with Crippen LogP contribution in [0.4, 0.5) is 21.6 Å². The van der Waals surface area contributed by atoms with Crippen molar-refractivity contribution in [2.24, 2.45) is 0 Å². The van der Waals surface area contributed by atoms with Crippen LogP contribution in [0.15, 0.2) is 30.6 Å². The lowest BCUT2D eigenvalue weighted by Crippen LogP contribution is -2.43. The number of piperazine rings is 1. The molecule has 0 aliphatic carbocycles. The summed E-state index contributed by atoms with van der Waals surface area (Å²) in [5, 5.41) is 25.1. The van der Waals surface area contributed by atoms with Crippen molar-refractivity contribution in [3.63, 3.8) is 0 Å². The van der Waals surface area contributed by atoms with Gasteiger partial charge in [-0.2, -0.15) is 5.10 Å². The van der Waals surface area contributed by atoms with Crippen LogP contribution in [0.2, 0.25) is 0 Å². The third-order valence-electron chi connectivity index (χ3n) is 5.04. The van der Waals surface area contributed by atoms with Gasteiger partial charge in [-0.1, -0.05) is 0 Å². The Morgan fingerprint density at radius 1 is 1.21 bits per heavy atom. The van der Waals surface area contributed by atoms with E-state index in [2.05, 4.69) is 30.7 Å². The van der Waals surface area contributed by atoms with E-state index in [0.717, 1.165) is 42.9 Å². The lowest BCUT2D eigenvalue weighted by molar-refractivity contribution is 0.475. The Hall–Kier alpha value is -3.33. The van der Waals surface area contributed by atoms with Gasteiger partial charge in [0.25, 0.3) is 0 Å². The Labute approximate surface area is 160 Å². The minimum atomic E-state index is -0.415. The summed E-state index contributed by atoms with van der Waals surface area (Å²) in [7, 11) is 0. The zero-order chi connectivity index (χ0) is 19.3. The number of aromatic hydroxyl groups is 1. The zero-order valence-corrected chi connectivity index (χ0v) is 15.3. The number of aromatic amines is 1. The molecule has 0 atom stereocenters. The van der Waals surface area contributed by atoms with Crippen LogP contribution >= 0.6 is 0 Å². The summed E-state index contributed by atoms with van der Waals surface area (Å²) in [4.78, 5) is 6.31. The number of imidazole rings is 1. The molecule has 4 heterocycles. The highest BCUT2D eigenvalue weighted by Gasteiger charge is 2.19. The van der Waals surface area contributed by atoms with E-state index in [1.165, 1.54) is 6.07 Å². The van der Waals surface area contributed by atoms with Gasteiger partial charge in [-0.25, -0.2) is 9.37 Å². The Bertz CT molecular complexity index is 1180. The first-order chi connectivity index (χ1) is 13.6. The topological polar surface area (TPSA) is 93.5 Å². The molecule has 1 aromatic carbocycles. The van der Waals surface area contributed by atoms with Crippen LogP contribution in [0, 0.1) is 12.7 Å². The second-order valence-electron chi connectivity index (χ2n) is 6.98. The summed E-state index contributed by atoms with van der Waals surface area (Å²) in [5.74, 6) is 0.279. The van der Waals surface area contributed by atoms with Crippen LogP contribution in [0.5, 0.6) is 5.75 Å². The molecule has 1 aliphatic heterocycles. The number of pyridine rings is 1. The molecule has 3 aromatic heterocycles. The predicted molar refractivity (Wildman–Crippen MR) is 106 cm³/mol. The van der Waals surface area contributed by atoms with Gasteiger partial charge in [0.05, 0.1) is 17.1 Å². The number of phenols is 1. The van der Waals surface area contributed by atoms with E-state index in [9.17, 15) is 9.50 Å². The van der Waals surface area contributed by atoms with Gasteiger partial charge in [-0.15, -0.1) is 0 Å². The number of aryl methyl sites for hydroxylation is 1. The van der Waals surface area contributed by atoms with Crippen molar-refractivity contribution in [2.45, 2.75) is 6.92 Å². The summed E-state index contributed by atoms with van der Waals surface area (Å²) in [6.07, 6.45) is 3.52. The lowest BCUT2D eigenvalue weighted by Gasteiger charge is -2.29. The monoisotopic (exact) mass is 381 g/mol. The van der Waals surface area contributed by atoms with Gasteiger partial charge in [-0.05, 0) is 19.1 Å². The highest BCUT2D eigenvalue weighted by molar-refractivity contribution is 5.98. The second kappa shape index (κ2) is 6.38. The van der Waals surface area contributed by atoms with E-state index in [-0.39, 0.29) is 11.4 Å². The number of H-pyrrole nitrogens is 1. The van der Waals surface area contributed by atoms with Crippen LogP contribution in [0.1, 0.15) is 5.69 Å². The normalized spacial score (nSPS) is 14.9. The Morgan fingerprint density at radius 2 is 2.04 bits per heavy atom. The Balaban J connectivity index is 1.51. The number of nitrogens with one attached hydrogen (secondary N) is 3. The summed E-state index contributed by atoms with van der Waals surface area (Å²) in [6.45, 7) is 5.26. The first kappa shape index (κ1) is 16.8. The van der Waals surface area contributed by atoms with Gasteiger partial charge >= 0.3 is 0 Å². The summed E-state index contributed by atoms with van der Waals surface area (Å²) >= 11 is 0. The molecule has 0 saturated carbocycles. The molecule has 0 unspecified atom stereocenters. The van der Waals surface area contributed by atoms with Crippen LogP contribution < -0.4 is 15.5 Å². The molecule has 0 amide bonds. The number of hydrogen-bond acceptors (Lipinski definition) is 6. The number of phenolic OH excluding ortho intramolecular Hbond substituents is 1. The number of aromatic nitrogens is 4. The van der Waals surface area contributed by atoms with Gasteiger partial charge in [0, 0.05) is 50.0 Å². The number of hydrogen-bond donors (Lipinski definition) is 4. The fraction of sp³-hybridized carbons (Fsp3) is 0.263. The molecule has 4 N–H and O–H groups in total. The number of rotatable bonds is 3. The van der Waals surface area contributed by atoms with Crippen molar-refractivity contribution in [1.82, 2.24) is 24.9 Å². The molecule has 144 valence electrons. The van der Waals surface area contributed by atoms with Gasteiger partial charge < -0.3 is 25.0 Å². The number of benzene rings is 1. The molecule has 0 spiro atoms. The maximum absolute atomic E-state index is 14.3. The quantitative estimate of drug-likeness (QED) is 0.436. The van der Waals surface area contributed by atoms with Crippen molar-refractivity contribution >= 4 is 33.7 Å². The lowest BCUT2D eigenvalue weighted by atomic mass is 10.1. The molecule has 0 bridgehead atoms. The molecule has 4 aromatic rings.